The number of carbonyl (C=O) groups excluding carboxylic acids is 1. The number of piperidine rings is 1. The number of hydrogen-bond donors (Lipinski definition) is 0. The van der Waals surface area contributed by atoms with Gasteiger partial charge in [-0.2, -0.15) is 0 Å². The number of amides is 1. The van der Waals surface area contributed by atoms with Crippen LogP contribution in [0.25, 0.3) is 0 Å². The topological polar surface area (TPSA) is 29.5 Å². The Bertz CT molecular complexity index is 427. The van der Waals surface area contributed by atoms with Gasteiger partial charge in [0.25, 0.3) is 0 Å². The van der Waals surface area contributed by atoms with Crippen molar-refractivity contribution in [3.8, 4) is 5.75 Å². The summed E-state index contributed by atoms with van der Waals surface area (Å²) in [6.45, 7) is 5.74. The zero-order valence-corrected chi connectivity index (χ0v) is 12.6. The smallest absolute Gasteiger partial charge is 0.227 e. The molecular weight excluding hydrogens is 250 g/mol. The largest absolute Gasteiger partial charge is 0.494 e. The second kappa shape index (κ2) is 7.32. The number of likely N-dealkylation sites (tertiary alicyclic amines) is 1. The lowest BCUT2D eigenvalue weighted by molar-refractivity contribution is -0.134. The van der Waals surface area contributed by atoms with Gasteiger partial charge in [0.1, 0.15) is 5.75 Å². The Morgan fingerprint density at radius 2 is 2.00 bits per heavy atom. The van der Waals surface area contributed by atoms with Gasteiger partial charge in [-0.3, -0.25) is 4.79 Å². The highest BCUT2D eigenvalue weighted by Gasteiger charge is 2.24. The average molecular weight is 275 g/mol. The van der Waals surface area contributed by atoms with E-state index in [9.17, 15) is 4.79 Å². The van der Waals surface area contributed by atoms with Crippen LogP contribution in [-0.4, -0.2) is 30.0 Å². The van der Waals surface area contributed by atoms with Crippen molar-refractivity contribution in [1.29, 1.82) is 0 Å². The van der Waals surface area contributed by atoms with E-state index >= 15 is 0 Å². The van der Waals surface area contributed by atoms with E-state index in [0.717, 1.165) is 37.1 Å². The Kier molecular flexibility index (Phi) is 5.45. The van der Waals surface area contributed by atoms with Gasteiger partial charge in [-0.25, -0.2) is 0 Å². The van der Waals surface area contributed by atoms with Gasteiger partial charge < -0.3 is 9.64 Å². The third-order valence-electron chi connectivity index (χ3n) is 4.01. The molecule has 110 valence electrons. The zero-order chi connectivity index (χ0) is 14.4. The maximum atomic E-state index is 12.4. The van der Waals surface area contributed by atoms with E-state index in [1.54, 1.807) is 0 Å². The van der Waals surface area contributed by atoms with Gasteiger partial charge in [-0.1, -0.05) is 19.1 Å². The monoisotopic (exact) mass is 275 g/mol. The fourth-order valence-electron chi connectivity index (χ4n) is 2.90. The van der Waals surface area contributed by atoms with Crippen molar-refractivity contribution < 1.29 is 9.53 Å². The quantitative estimate of drug-likeness (QED) is 0.824. The number of rotatable bonds is 5. The summed E-state index contributed by atoms with van der Waals surface area (Å²) in [4.78, 5) is 14.5. The van der Waals surface area contributed by atoms with E-state index in [-0.39, 0.29) is 5.91 Å². The van der Waals surface area contributed by atoms with Crippen molar-refractivity contribution in [2.75, 3.05) is 13.2 Å². The Labute approximate surface area is 121 Å². The van der Waals surface area contributed by atoms with Gasteiger partial charge in [0.15, 0.2) is 0 Å². The molecule has 0 spiro atoms. The summed E-state index contributed by atoms with van der Waals surface area (Å²) < 4.78 is 5.42. The van der Waals surface area contributed by atoms with Gasteiger partial charge >= 0.3 is 0 Å². The summed E-state index contributed by atoms with van der Waals surface area (Å²) in [6, 6.07) is 8.32. The zero-order valence-electron chi connectivity index (χ0n) is 12.6. The highest BCUT2D eigenvalue weighted by Crippen LogP contribution is 2.21. The highest BCUT2D eigenvalue weighted by atomic mass is 16.5. The summed E-state index contributed by atoms with van der Waals surface area (Å²) in [5.41, 5.74) is 1.07. The lowest BCUT2D eigenvalue weighted by Crippen LogP contribution is -2.44. The first-order valence-electron chi connectivity index (χ1n) is 7.75. The van der Waals surface area contributed by atoms with Crippen LogP contribution in [0.1, 0.15) is 45.1 Å². The molecule has 3 heteroatoms. The fourth-order valence-corrected chi connectivity index (χ4v) is 2.90. The predicted octanol–water partition coefficient (Wildman–Crippen LogP) is 3.42. The van der Waals surface area contributed by atoms with Gasteiger partial charge in [0.2, 0.25) is 5.91 Å². The molecule has 2 rings (SSSR count). The van der Waals surface area contributed by atoms with E-state index in [1.807, 2.05) is 31.2 Å². The second-order valence-corrected chi connectivity index (χ2v) is 5.40. The molecule has 0 saturated carbocycles. The normalized spacial score (nSPS) is 18.9. The molecule has 1 aliphatic heterocycles. The lowest BCUT2D eigenvalue weighted by atomic mass is 9.99. The second-order valence-electron chi connectivity index (χ2n) is 5.40. The molecular formula is C17H25NO2. The maximum absolute atomic E-state index is 12.4. The Morgan fingerprint density at radius 1 is 1.25 bits per heavy atom. The Hall–Kier alpha value is -1.51. The molecule has 1 fully saturated rings. The molecule has 0 radical (unpaired) electrons. The summed E-state index contributed by atoms with van der Waals surface area (Å²) in [5.74, 6) is 1.13. The van der Waals surface area contributed by atoms with Crippen LogP contribution < -0.4 is 4.74 Å². The molecule has 20 heavy (non-hydrogen) atoms. The standard InChI is InChI=1S/C17H25NO2/c1-3-15-7-5-6-12-18(15)17(19)13-14-8-10-16(11-9-14)20-4-2/h8-11,15H,3-7,12-13H2,1-2H3. The van der Waals surface area contributed by atoms with Crippen molar-refractivity contribution in [2.24, 2.45) is 0 Å². The minimum absolute atomic E-state index is 0.265. The minimum atomic E-state index is 0.265. The molecule has 0 aromatic heterocycles. The molecule has 0 N–H and O–H groups in total. The first-order valence-corrected chi connectivity index (χ1v) is 7.75. The summed E-state index contributed by atoms with van der Waals surface area (Å²) in [7, 11) is 0. The predicted molar refractivity (Wildman–Crippen MR) is 81.0 cm³/mol. The van der Waals surface area contributed by atoms with Crippen molar-refractivity contribution >= 4 is 5.91 Å². The first-order chi connectivity index (χ1) is 9.74. The van der Waals surface area contributed by atoms with Gasteiger partial charge in [-0.15, -0.1) is 0 Å². The molecule has 1 atom stereocenters. The molecule has 0 bridgehead atoms. The number of hydrogen-bond acceptors (Lipinski definition) is 2. The third-order valence-corrected chi connectivity index (χ3v) is 4.01. The van der Waals surface area contributed by atoms with E-state index in [2.05, 4.69) is 11.8 Å². The SMILES string of the molecule is CCOc1ccc(CC(=O)N2CCCCC2CC)cc1. The van der Waals surface area contributed by atoms with Crippen molar-refractivity contribution in [2.45, 2.75) is 52.0 Å². The summed E-state index contributed by atoms with van der Waals surface area (Å²) in [6.07, 6.45) is 5.13. The first kappa shape index (κ1) is 14.9. The van der Waals surface area contributed by atoms with Gasteiger partial charge in [-0.05, 0) is 50.3 Å². The van der Waals surface area contributed by atoms with Crippen LogP contribution in [0.4, 0.5) is 0 Å². The molecule has 1 saturated heterocycles. The van der Waals surface area contributed by atoms with Crippen molar-refractivity contribution in [3.05, 3.63) is 29.8 Å². The van der Waals surface area contributed by atoms with Gasteiger partial charge in [0.05, 0.1) is 13.0 Å². The van der Waals surface area contributed by atoms with Crippen molar-refractivity contribution in [1.82, 2.24) is 4.90 Å². The van der Waals surface area contributed by atoms with Crippen LogP contribution in [0.3, 0.4) is 0 Å². The van der Waals surface area contributed by atoms with Crippen LogP contribution in [0.15, 0.2) is 24.3 Å². The van der Waals surface area contributed by atoms with Crippen LogP contribution >= 0.6 is 0 Å². The van der Waals surface area contributed by atoms with Crippen LogP contribution in [-0.2, 0) is 11.2 Å². The number of carbonyl (C=O) groups is 1. The fraction of sp³-hybridized carbons (Fsp3) is 0.588. The minimum Gasteiger partial charge on any atom is -0.494 e. The third kappa shape index (κ3) is 3.75. The molecule has 1 heterocycles. The molecule has 0 aliphatic carbocycles. The van der Waals surface area contributed by atoms with Crippen molar-refractivity contribution in [3.63, 3.8) is 0 Å². The molecule has 1 amide bonds. The van der Waals surface area contributed by atoms with Gasteiger partial charge in [0, 0.05) is 12.6 Å². The van der Waals surface area contributed by atoms with E-state index in [0.29, 0.717) is 19.1 Å². The molecule has 3 nitrogen and oxygen atoms in total. The number of ether oxygens (including phenoxy) is 1. The summed E-state index contributed by atoms with van der Waals surface area (Å²) in [5, 5.41) is 0. The molecule has 1 unspecified atom stereocenters. The van der Waals surface area contributed by atoms with Crippen LogP contribution in [0, 0.1) is 0 Å². The Balaban J connectivity index is 1.96. The molecule has 1 aromatic rings. The number of benzene rings is 1. The van der Waals surface area contributed by atoms with Crippen LogP contribution in [0.5, 0.6) is 5.75 Å². The molecule has 1 aliphatic rings. The summed E-state index contributed by atoms with van der Waals surface area (Å²) >= 11 is 0. The molecule has 1 aromatic carbocycles. The van der Waals surface area contributed by atoms with E-state index in [4.69, 9.17) is 4.74 Å². The van der Waals surface area contributed by atoms with E-state index < -0.39 is 0 Å². The van der Waals surface area contributed by atoms with Crippen LogP contribution in [0.2, 0.25) is 0 Å². The Morgan fingerprint density at radius 3 is 2.65 bits per heavy atom. The number of nitrogens with zero attached hydrogens (tertiary/aromatic N) is 1. The maximum Gasteiger partial charge on any atom is 0.227 e. The average Bonchev–Trinajstić information content (AvgIpc) is 2.49. The lowest BCUT2D eigenvalue weighted by Gasteiger charge is -2.35. The van der Waals surface area contributed by atoms with E-state index in [1.165, 1.54) is 6.42 Å². The highest BCUT2D eigenvalue weighted by molar-refractivity contribution is 5.79.